The van der Waals surface area contributed by atoms with E-state index in [1.807, 2.05) is 26.8 Å². The Morgan fingerprint density at radius 3 is 2.42 bits per heavy atom. The van der Waals surface area contributed by atoms with Crippen LogP contribution in [0.15, 0.2) is 23.3 Å². The van der Waals surface area contributed by atoms with Crippen molar-refractivity contribution in [2.24, 2.45) is 5.92 Å². The predicted octanol–water partition coefficient (Wildman–Crippen LogP) is 1.37. The first kappa shape index (κ1) is 9.55. The Balaban J connectivity index is 2.86. The lowest BCUT2D eigenvalue weighted by molar-refractivity contribution is 0.378. The lowest BCUT2D eigenvalue weighted by atomic mass is 9.62. The minimum absolute atomic E-state index is 0.144. The van der Waals surface area contributed by atoms with Gasteiger partial charge in [0.1, 0.15) is 0 Å². The molecule has 1 aliphatic rings. The molecule has 0 aromatic heterocycles. The van der Waals surface area contributed by atoms with Crippen molar-refractivity contribution in [2.45, 2.75) is 26.6 Å². The van der Waals surface area contributed by atoms with Gasteiger partial charge in [0.15, 0.2) is 0 Å². The molecule has 3 heteroatoms. The summed E-state index contributed by atoms with van der Waals surface area (Å²) >= 11 is 0. The smallest absolute Gasteiger partial charge is 0.427 e. The fraction of sp³-hybridized carbons (Fsp3) is 0.556. The average molecular weight is 166 g/mol. The van der Waals surface area contributed by atoms with Gasteiger partial charge in [0, 0.05) is 5.82 Å². The van der Waals surface area contributed by atoms with Crippen molar-refractivity contribution in [3.05, 3.63) is 23.3 Å². The van der Waals surface area contributed by atoms with E-state index in [-0.39, 0.29) is 11.7 Å². The van der Waals surface area contributed by atoms with Crippen LogP contribution in [0.25, 0.3) is 0 Å². The van der Waals surface area contributed by atoms with E-state index in [0.717, 1.165) is 5.57 Å². The average Bonchev–Trinajstić information content (AvgIpc) is 1.96. The van der Waals surface area contributed by atoms with Crippen molar-refractivity contribution in [2.75, 3.05) is 0 Å². The van der Waals surface area contributed by atoms with Gasteiger partial charge in [-0.3, -0.25) is 0 Å². The van der Waals surface area contributed by atoms with Crippen molar-refractivity contribution in [1.82, 2.24) is 0 Å². The molecule has 0 aromatic rings. The summed E-state index contributed by atoms with van der Waals surface area (Å²) in [5, 5.41) is 18.1. The van der Waals surface area contributed by atoms with E-state index < -0.39 is 7.12 Å². The predicted molar refractivity (Wildman–Crippen MR) is 50.6 cm³/mol. The second-order valence-electron chi connectivity index (χ2n) is 3.58. The molecule has 0 saturated carbocycles. The normalized spacial score (nSPS) is 29.4. The topological polar surface area (TPSA) is 40.5 Å². The van der Waals surface area contributed by atoms with Crippen LogP contribution in [0.2, 0.25) is 5.82 Å². The third-order valence-electron chi connectivity index (χ3n) is 2.55. The zero-order valence-electron chi connectivity index (χ0n) is 7.78. The summed E-state index contributed by atoms with van der Waals surface area (Å²) in [6.07, 6.45) is 4.01. The molecule has 0 fully saturated rings. The lowest BCUT2D eigenvalue weighted by Gasteiger charge is -2.25. The molecule has 0 heterocycles. The molecule has 1 aliphatic carbocycles. The molecule has 2 N–H and O–H groups in total. The van der Waals surface area contributed by atoms with Crippen LogP contribution in [0, 0.1) is 5.92 Å². The van der Waals surface area contributed by atoms with Gasteiger partial charge in [0.2, 0.25) is 0 Å². The molecule has 0 saturated heterocycles. The summed E-state index contributed by atoms with van der Waals surface area (Å²) in [5.74, 6) is 0.0868. The lowest BCUT2D eigenvalue weighted by Crippen LogP contribution is -2.26. The van der Waals surface area contributed by atoms with E-state index in [9.17, 15) is 0 Å². The number of allylic oxidation sites excluding steroid dienone is 4. The standard InChI is InChI=1S/C9H15BO2/c1-6-4-7(2)8(3)9(5-6)10(11)12/h4-5,8-9,11-12H,1-3H3. The highest BCUT2D eigenvalue weighted by molar-refractivity contribution is 6.44. The minimum Gasteiger partial charge on any atom is -0.427 e. The Hall–Kier alpha value is -0.535. The van der Waals surface area contributed by atoms with E-state index >= 15 is 0 Å². The van der Waals surface area contributed by atoms with Crippen LogP contribution >= 0.6 is 0 Å². The molecule has 0 aliphatic heterocycles. The molecule has 1 rings (SSSR count). The van der Waals surface area contributed by atoms with Gasteiger partial charge >= 0.3 is 7.12 Å². The highest BCUT2D eigenvalue weighted by Crippen LogP contribution is 2.33. The molecule has 12 heavy (non-hydrogen) atoms. The van der Waals surface area contributed by atoms with Crippen molar-refractivity contribution >= 4 is 7.12 Å². The first-order valence-electron chi connectivity index (χ1n) is 4.25. The number of hydrogen-bond donors (Lipinski definition) is 2. The number of hydrogen-bond acceptors (Lipinski definition) is 2. The molecular weight excluding hydrogens is 151 g/mol. The van der Waals surface area contributed by atoms with Crippen molar-refractivity contribution in [3.63, 3.8) is 0 Å². The minimum atomic E-state index is -1.24. The summed E-state index contributed by atoms with van der Waals surface area (Å²) in [7, 11) is -1.24. The molecule has 2 atom stereocenters. The summed E-state index contributed by atoms with van der Waals surface area (Å²) in [5.41, 5.74) is 2.33. The Morgan fingerprint density at radius 2 is 1.92 bits per heavy atom. The van der Waals surface area contributed by atoms with Gasteiger partial charge in [-0.05, 0) is 19.8 Å². The van der Waals surface area contributed by atoms with E-state index in [2.05, 4.69) is 6.08 Å². The van der Waals surface area contributed by atoms with Crippen LogP contribution in [-0.2, 0) is 0 Å². The van der Waals surface area contributed by atoms with Crippen LogP contribution in [-0.4, -0.2) is 17.2 Å². The van der Waals surface area contributed by atoms with Gasteiger partial charge in [0.05, 0.1) is 0 Å². The van der Waals surface area contributed by atoms with Crippen LogP contribution in [0.1, 0.15) is 20.8 Å². The molecule has 2 nitrogen and oxygen atoms in total. The Labute approximate surface area is 73.8 Å². The van der Waals surface area contributed by atoms with Gasteiger partial charge in [0.25, 0.3) is 0 Å². The molecule has 2 unspecified atom stereocenters. The second kappa shape index (κ2) is 3.46. The maximum Gasteiger partial charge on any atom is 0.459 e. The molecule has 0 amide bonds. The van der Waals surface area contributed by atoms with Crippen molar-refractivity contribution in [3.8, 4) is 0 Å². The Bertz CT molecular complexity index is 231. The van der Waals surface area contributed by atoms with Gasteiger partial charge in [-0.1, -0.05) is 30.2 Å². The van der Waals surface area contributed by atoms with E-state index in [1.54, 1.807) is 0 Å². The molecule has 0 radical (unpaired) electrons. The summed E-state index contributed by atoms with van der Waals surface area (Å²) in [4.78, 5) is 0. The van der Waals surface area contributed by atoms with E-state index in [1.165, 1.54) is 5.57 Å². The van der Waals surface area contributed by atoms with Crippen LogP contribution in [0.3, 0.4) is 0 Å². The molecule has 0 spiro atoms. The fourth-order valence-corrected chi connectivity index (χ4v) is 1.63. The molecule has 66 valence electrons. The summed E-state index contributed by atoms with van der Waals surface area (Å²) < 4.78 is 0. The largest absolute Gasteiger partial charge is 0.459 e. The molecule has 0 bridgehead atoms. The summed E-state index contributed by atoms with van der Waals surface area (Å²) in [6, 6.07) is 0. The number of rotatable bonds is 1. The van der Waals surface area contributed by atoms with E-state index in [4.69, 9.17) is 10.0 Å². The third kappa shape index (κ3) is 1.79. The zero-order valence-corrected chi connectivity index (χ0v) is 7.78. The van der Waals surface area contributed by atoms with Gasteiger partial charge in [-0.15, -0.1) is 0 Å². The van der Waals surface area contributed by atoms with Crippen molar-refractivity contribution in [1.29, 1.82) is 0 Å². The van der Waals surface area contributed by atoms with Gasteiger partial charge in [-0.25, -0.2) is 0 Å². The Morgan fingerprint density at radius 1 is 1.33 bits per heavy atom. The second-order valence-corrected chi connectivity index (χ2v) is 3.58. The highest BCUT2D eigenvalue weighted by Gasteiger charge is 2.29. The first-order valence-corrected chi connectivity index (χ1v) is 4.25. The quantitative estimate of drug-likeness (QED) is 0.577. The zero-order chi connectivity index (χ0) is 9.30. The van der Waals surface area contributed by atoms with Crippen LogP contribution < -0.4 is 0 Å². The maximum absolute atomic E-state index is 9.07. The SMILES string of the molecule is CC1=CC(B(O)O)C(C)C(C)=C1. The maximum atomic E-state index is 9.07. The first-order chi connectivity index (χ1) is 5.52. The molecular formula is C9H15BO2. The Kier molecular flexibility index (Phi) is 2.75. The fourth-order valence-electron chi connectivity index (χ4n) is 1.63. The third-order valence-corrected chi connectivity index (χ3v) is 2.55. The van der Waals surface area contributed by atoms with Gasteiger partial charge < -0.3 is 10.0 Å². The van der Waals surface area contributed by atoms with Crippen LogP contribution in [0.4, 0.5) is 0 Å². The van der Waals surface area contributed by atoms with E-state index in [0.29, 0.717) is 0 Å². The van der Waals surface area contributed by atoms with Crippen molar-refractivity contribution < 1.29 is 10.0 Å². The summed E-state index contributed by atoms with van der Waals surface area (Å²) in [6.45, 7) is 6.01. The van der Waals surface area contributed by atoms with Crippen LogP contribution in [0.5, 0.6) is 0 Å². The van der Waals surface area contributed by atoms with Gasteiger partial charge in [-0.2, -0.15) is 0 Å². The highest BCUT2D eigenvalue weighted by atomic mass is 16.4. The monoisotopic (exact) mass is 166 g/mol. The molecule has 0 aromatic carbocycles.